The Morgan fingerprint density at radius 2 is 1.09 bits per heavy atom. The maximum atomic E-state index is 10.4. The molecule has 0 atom stereocenters. The van der Waals surface area contributed by atoms with Gasteiger partial charge in [-0.2, -0.15) is 0 Å². The first-order chi connectivity index (χ1) is 10.3. The summed E-state index contributed by atoms with van der Waals surface area (Å²) in [5.41, 5.74) is 1.34. The third kappa shape index (κ3) is 4.75. The first kappa shape index (κ1) is 16.9. The Morgan fingerprint density at radius 3 is 1.36 bits per heavy atom. The van der Waals surface area contributed by atoms with Gasteiger partial charge in [-0.3, -0.25) is 0 Å². The van der Waals surface area contributed by atoms with Crippen molar-refractivity contribution in [3.05, 3.63) is 70.8 Å². The minimum Gasteiger partial charge on any atom is -0.478 e. The third-order valence-electron chi connectivity index (χ3n) is 2.75. The molecule has 0 bridgehead atoms. The van der Waals surface area contributed by atoms with Crippen LogP contribution < -0.4 is 0 Å². The van der Waals surface area contributed by atoms with E-state index in [1.807, 2.05) is 6.07 Å². The first-order valence-electron chi connectivity index (χ1n) is 6.18. The Balaban J connectivity index is 0.000000224. The molecule has 0 radical (unpaired) electrons. The second-order valence-corrected chi connectivity index (χ2v) is 4.31. The summed E-state index contributed by atoms with van der Waals surface area (Å²) in [6.45, 7) is 1.78. The smallest absolute Gasteiger partial charge is 0.335 e. The maximum absolute atomic E-state index is 10.4. The maximum Gasteiger partial charge on any atom is 0.335 e. The second-order valence-electron chi connectivity index (χ2n) is 4.31. The van der Waals surface area contributed by atoms with Crippen LogP contribution in [0.3, 0.4) is 0 Å². The van der Waals surface area contributed by atoms with Gasteiger partial charge in [0.1, 0.15) is 0 Å². The van der Waals surface area contributed by atoms with E-state index in [9.17, 15) is 14.4 Å². The zero-order valence-electron chi connectivity index (χ0n) is 11.7. The fraction of sp³-hybridized carbons (Fsp3) is 0.0625. The lowest BCUT2D eigenvalue weighted by molar-refractivity contribution is 0.0681. The highest BCUT2D eigenvalue weighted by Gasteiger charge is 2.05. The molecule has 0 amide bonds. The van der Waals surface area contributed by atoms with Gasteiger partial charge in [0.2, 0.25) is 0 Å². The molecule has 0 heterocycles. The monoisotopic (exact) mass is 302 g/mol. The van der Waals surface area contributed by atoms with Crippen LogP contribution in [0.5, 0.6) is 0 Å². The molecule has 22 heavy (non-hydrogen) atoms. The van der Waals surface area contributed by atoms with E-state index in [0.29, 0.717) is 5.56 Å². The molecule has 6 nitrogen and oxygen atoms in total. The average molecular weight is 302 g/mol. The van der Waals surface area contributed by atoms with E-state index in [4.69, 9.17) is 15.3 Å². The van der Waals surface area contributed by atoms with E-state index in [1.165, 1.54) is 24.3 Å². The molecule has 0 saturated heterocycles. The lowest BCUT2D eigenvalue weighted by Crippen LogP contribution is -1.99. The molecule has 0 unspecified atom stereocenters. The lowest BCUT2D eigenvalue weighted by Gasteiger charge is -1.96. The molecular weight excluding hydrogens is 288 g/mol. The topological polar surface area (TPSA) is 112 Å². The minimum atomic E-state index is -1.06. The van der Waals surface area contributed by atoms with E-state index >= 15 is 0 Å². The Kier molecular flexibility index (Phi) is 5.83. The summed E-state index contributed by atoms with van der Waals surface area (Å²) in [6, 6.07) is 11.9. The van der Waals surface area contributed by atoms with Crippen molar-refractivity contribution in [3.8, 4) is 0 Å². The largest absolute Gasteiger partial charge is 0.478 e. The molecule has 3 N–H and O–H groups in total. The van der Waals surface area contributed by atoms with Crippen molar-refractivity contribution in [3.63, 3.8) is 0 Å². The highest BCUT2D eigenvalue weighted by atomic mass is 16.4. The summed E-state index contributed by atoms with van der Waals surface area (Å²) in [5.74, 6) is -2.99. The molecule has 0 aliphatic carbocycles. The van der Waals surface area contributed by atoms with Crippen molar-refractivity contribution in [2.45, 2.75) is 6.92 Å². The summed E-state index contributed by atoms with van der Waals surface area (Å²) >= 11 is 0. The normalized spacial score (nSPS) is 9.32. The molecule has 114 valence electrons. The molecule has 2 aromatic rings. The summed E-state index contributed by atoms with van der Waals surface area (Å²) in [6.07, 6.45) is 0. The van der Waals surface area contributed by atoms with Crippen molar-refractivity contribution in [1.82, 2.24) is 0 Å². The summed E-state index contributed by atoms with van der Waals surface area (Å²) in [7, 11) is 0. The fourth-order valence-corrected chi connectivity index (χ4v) is 1.57. The molecular formula is C16H14O6. The van der Waals surface area contributed by atoms with Gasteiger partial charge in [-0.15, -0.1) is 0 Å². The van der Waals surface area contributed by atoms with Gasteiger partial charge in [0, 0.05) is 0 Å². The van der Waals surface area contributed by atoms with Crippen molar-refractivity contribution >= 4 is 17.9 Å². The van der Waals surface area contributed by atoms with Gasteiger partial charge in [-0.05, 0) is 42.8 Å². The van der Waals surface area contributed by atoms with Crippen molar-refractivity contribution < 1.29 is 29.7 Å². The number of aryl methyl sites for hydroxylation is 1. The Hall–Kier alpha value is -3.15. The number of hydrogen-bond acceptors (Lipinski definition) is 3. The number of carboxylic acid groups (broad SMARTS) is 3. The number of aromatic carboxylic acids is 3. The first-order valence-corrected chi connectivity index (χ1v) is 6.18. The van der Waals surface area contributed by atoms with E-state index in [-0.39, 0.29) is 11.1 Å². The van der Waals surface area contributed by atoms with Crippen LogP contribution in [0.15, 0.2) is 48.5 Å². The molecule has 0 aromatic heterocycles. The quantitative estimate of drug-likeness (QED) is 0.803. The molecule has 0 spiro atoms. The van der Waals surface area contributed by atoms with Crippen LogP contribution in [0.1, 0.15) is 36.6 Å². The highest BCUT2D eigenvalue weighted by molar-refractivity contribution is 5.91. The zero-order chi connectivity index (χ0) is 16.7. The SMILES string of the molecule is Cc1ccccc1C(=O)O.O=C(O)c1ccc(C(=O)O)cc1. The van der Waals surface area contributed by atoms with Crippen LogP contribution in [-0.2, 0) is 0 Å². The Morgan fingerprint density at radius 1 is 0.682 bits per heavy atom. The molecule has 0 aliphatic rings. The zero-order valence-corrected chi connectivity index (χ0v) is 11.7. The number of carboxylic acids is 3. The van der Waals surface area contributed by atoms with Gasteiger partial charge >= 0.3 is 17.9 Å². The van der Waals surface area contributed by atoms with Gasteiger partial charge in [-0.1, -0.05) is 18.2 Å². The van der Waals surface area contributed by atoms with Crippen LogP contribution in [0.25, 0.3) is 0 Å². The average Bonchev–Trinajstić information content (AvgIpc) is 2.48. The van der Waals surface area contributed by atoms with E-state index < -0.39 is 17.9 Å². The fourth-order valence-electron chi connectivity index (χ4n) is 1.57. The predicted molar refractivity (Wildman–Crippen MR) is 78.5 cm³/mol. The predicted octanol–water partition coefficient (Wildman–Crippen LogP) is 2.78. The molecule has 6 heteroatoms. The molecule has 0 fully saturated rings. The Labute approximate surface area is 126 Å². The molecule has 0 aliphatic heterocycles. The summed E-state index contributed by atoms with van der Waals surface area (Å²) < 4.78 is 0. The van der Waals surface area contributed by atoms with Crippen molar-refractivity contribution in [1.29, 1.82) is 0 Å². The van der Waals surface area contributed by atoms with Gasteiger partial charge in [0.15, 0.2) is 0 Å². The molecule has 2 rings (SSSR count). The van der Waals surface area contributed by atoms with Crippen LogP contribution in [0, 0.1) is 6.92 Å². The number of benzene rings is 2. The summed E-state index contributed by atoms with van der Waals surface area (Å²) in [5, 5.41) is 25.5. The van der Waals surface area contributed by atoms with Gasteiger partial charge < -0.3 is 15.3 Å². The number of carbonyl (C=O) groups is 3. The van der Waals surface area contributed by atoms with Crippen LogP contribution in [0.4, 0.5) is 0 Å². The highest BCUT2D eigenvalue weighted by Crippen LogP contribution is 2.05. The molecule has 2 aromatic carbocycles. The lowest BCUT2D eigenvalue weighted by atomic mass is 10.1. The Bertz CT molecular complexity index is 655. The van der Waals surface area contributed by atoms with Crippen molar-refractivity contribution in [2.75, 3.05) is 0 Å². The number of rotatable bonds is 3. The van der Waals surface area contributed by atoms with Crippen LogP contribution in [0.2, 0.25) is 0 Å². The standard InChI is InChI=1S/C8H6O4.C8H8O2/c9-7(10)5-1-2-6(4-3-5)8(11)12;1-6-4-2-3-5-7(6)8(9)10/h1-4H,(H,9,10)(H,11,12);2-5H,1H3,(H,9,10). The second kappa shape index (κ2) is 7.58. The number of hydrogen-bond donors (Lipinski definition) is 3. The van der Waals surface area contributed by atoms with E-state index in [0.717, 1.165) is 5.56 Å². The third-order valence-corrected chi connectivity index (χ3v) is 2.75. The van der Waals surface area contributed by atoms with Crippen molar-refractivity contribution in [2.24, 2.45) is 0 Å². The van der Waals surface area contributed by atoms with Gasteiger partial charge in [-0.25, -0.2) is 14.4 Å². The van der Waals surface area contributed by atoms with Gasteiger partial charge in [0.05, 0.1) is 16.7 Å². The molecule has 0 saturated carbocycles. The minimum absolute atomic E-state index is 0.0833. The van der Waals surface area contributed by atoms with Crippen LogP contribution >= 0.6 is 0 Å². The van der Waals surface area contributed by atoms with E-state index in [2.05, 4.69) is 0 Å². The van der Waals surface area contributed by atoms with Crippen LogP contribution in [-0.4, -0.2) is 33.2 Å². The van der Waals surface area contributed by atoms with Gasteiger partial charge in [0.25, 0.3) is 0 Å². The van der Waals surface area contributed by atoms with E-state index in [1.54, 1.807) is 25.1 Å². The summed E-state index contributed by atoms with van der Waals surface area (Å²) in [4.78, 5) is 31.1.